The van der Waals surface area contributed by atoms with E-state index in [0.717, 1.165) is 4.68 Å². The quantitative estimate of drug-likeness (QED) is 0.198. The second-order valence-corrected chi connectivity index (χ2v) is 14.4. The number of aromatic nitrogens is 9. The summed E-state index contributed by atoms with van der Waals surface area (Å²) in [4.78, 5) is 42.1. The number of hydrogen-bond donors (Lipinski definition) is 3. The van der Waals surface area contributed by atoms with E-state index in [1.54, 1.807) is 4.57 Å². The molecular formula is C18H20FN9O8P2S2. The van der Waals surface area contributed by atoms with Crippen LogP contribution in [0.4, 0.5) is 4.39 Å². The van der Waals surface area contributed by atoms with E-state index < -0.39 is 50.3 Å². The molecule has 2 bridgehead atoms. The highest BCUT2D eigenvalue weighted by Crippen LogP contribution is 2.57. The van der Waals surface area contributed by atoms with Gasteiger partial charge in [-0.05, 0) is 18.7 Å². The van der Waals surface area contributed by atoms with Crippen LogP contribution in [0.5, 0.6) is 0 Å². The number of nitrogens with zero attached hydrogens (tertiary/aromatic N) is 8. The smallest absolute Gasteiger partial charge is 0.345 e. The van der Waals surface area contributed by atoms with E-state index in [4.69, 9.17) is 34.6 Å². The molecule has 22 heteroatoms. The molecule has 4 aromatic heterocycles. The number of nitrogens with one attached hydrogen (secondary N) is 1. The van der Waals surface area contributed by atoms with Crippen LogP contribution in [0.15, 0.2) is 17.3 Å². The maximum atomic E-state index is 15.8. The second-order valence-electron chi connectivity index (χ2n) is 8.69. The molecule has 2 N–H and O–H groups in total. The van der Waals surface area contributed by atoms with Crippen LogP contribution in [-0.2, 0) is 52.4 Å². The van der Waals surface area contributed by atoms with E-state index in [1.165, 1.54) is 19.4 Å². The lowest BCUT2D eigenvalue weighted by molar-refractivity contribution is -0.0520. The van der Waals surface area contributed by atoms with Gasteiger partial charge in [0.15, 0.2) is 29.2 Å². The summed E-state index contributed by atoms with van der Waals surface area (Å²) in [6.45, 7) is -7.60. The summed E-state index contributed by atoms with van der Waals surface area (Å²) in [6.07, 6.45) is -3.74. The molecule has 214 valence electrons. The molecule has 0 amide bonds. The van der Waals surface area contributed by atoms with Crippen molar-refractivity contribution in [3.63, 3.8) is 0 Å². The van der Waals surface area contributed by atoms with Crippen LogP contribution in [0.1, 0.15) is 17.9 Å². The minimum Gasteiger partial charge on any atom is -0.345 e. The van der Waals surface area contributed by atoms with Crippen LogP contribution < -0.4 is 5.56 Å². The third kappa shape index (κ3) is 5.36. The van der Waals surface area contributed by atoms with Gasteiger partial charge in [-0.15, -0.1) is 5.10 Å². The normalized spacial score (nSPS) is 32.1. The molecule has 2 unspecified atom stereocenters. The van der Waals surface area contributed by atoms with Crippen LogP contribution in [0, 0.1) is 6.92 Å². The van der Waals surface area contributed by atoms with E-state index >= 15 is 4.39 Å². The van der Waals surface area contributed by atoms with Gasteiger partial charge in [0.1, 0.15) is 42.3 Å². The number of halogens is 1. The SMILES string of the molecule is Cc1nc2c(nnn2[C@@H]2O[C@@H]3COP(O)(=S)OCCn4c(nc5cncnc54)COP(=O)(S)O[C@@H]2[C@H]3F)c(=O)[nH]1. The minimum absolute atomic E-state index is 0.0385. The molecule has 2 aliphatic heterocycles. The number of rotatable bonds is 1. The topological polar surface area (TPSA) is 204 Å². The summed E-state index contributed by atoms with van der Waals surface area (Å²) in [7, 11) is 0. The van der Waals surface area contributed by atoms with E-state index in [0.29, 0.717) is 11.2 Å². The predicted molar refractivity (Wildman–Crippen MR) is 139 cm³/mol. The van der Waals surface area contributed by atoms with Crippen LogP contribution in [0.2, 0.25) is 0 Å². The van der Waals surface area contributed by atoms with Gasteiger partial charge in [-0.3, -0.25) is 13.8 Å². The third-order valence-electron chi connectivity index (χ3n) is 6.03. The second kappa shape index (κ2) is 10.5. The lowest BCUT2D eigenvalue weighted by atomic mass is 10.1. The van der Waals surface area contributed by atoms with Gasteiger partial charge in [0, 0.05) is 6.54 Å². The van der Waals surface area contributed by atoms with Crippen molar-refractivity contribution in [2.24, 2.45) is 0 Å². The van der Waals surface area contributed by atoms with Gasteiger partial charge in [-0.25, -0.2) is 28.9 Å². The van der Waals surface area contributed by atoms with Crippen molar-refractivity contribution in [2.75, 3.05) is 13.2 Å². The lowest BCUT2D eigenvalue weighted by Gasteiger charge is -2.23. The molecule has 0 aliphatic carbocycles. The highest BCUT2D eigenvalue weighted by molar-refractivity contribution is 8.44. The molecule has 17 nitrogen and oxygen atoms in total. The summed E-state index contributed by atoms with van der Waals surface area (Å²) in [5.74, 6) is 0.477. The Balaban J connectivity index is 1.38. The molecule has 40 heavy (non-hydrogen) atoms. The van der Waals surface area contributed by atoms with Gasteiger partial charge < -0.3 is 28.2 Å². The van der Waals surface area contributed by atoms with Crippen molar-refractivity contribution in [3.05, 3.63) is 34.5 Å². The van der Waals surface area contributed by atoms with Crippen molar-refractivity contribution in [1.29, 1.82) is 0 Å². The molecule has 0 aromatic carbocycles. The van der Waals surface area contributed by atoms with E-state index in [1.807, 2.05) is 0 Å². The lowest BCUT2D eigenvalue weighted by Crippen LogP contribution is -2.32. The van der Waals surface area contributed by atoms with Gasteiger partial charge in [0.05, 0.1) is 19.4 Å². The first-order valence-corrected chi connectivity index (χ1v) is 16.8. The van der Waals surface area contributed by atoms with E-state index in [2.05, 4.69) is 47.5 Å². The van der Waals surface area contributed by atoms with Gasteiger partial charge in [0.25, 0.3) is 5.56 Å². The molecule has 1 fully saturated rings. The molecule has 0 saturated carbocycles. The fourth-order valence-corrected chi connectivity index (χ4v) is 6.80. The Bertz CT molecular complexity index is 1750. The number of thiol groups is 1. The van der Waals surface area contributed by atoms with Crippen molar-refractivity contribution in [1.82, 2.24) is 44.5 Å². The predicted octanol–water partition coefficient (Wildman–Crippen LogP) is 1.10. The number of aromatic amines is 1. The van der Waals surface area contributed by atoms with Gasteiger partial charge in [-0.2, -0.15) is 4.68 Å². The first kappa shape index (κ1) is 27.9. The highest BCUT2D eigenvalue weighted by atomic mass is 32.7. The van der Waals surface area contributed by atoms with Gasteiger partial charge in [-0.1, -0.05) is 17.5 Å². The number of ether oxygens (including phenoxy) is 1. The Morgan fingerprint density at radius 1 is 1.27 bits per heavy atom. The summed E-state index contributed by atoms with van der Waals surface area (Å²) in [5.41, 5.74) is 0.0590. The van der Waals surface area contributed by atoms with Crippen molar-refractivity contribution >= 4 is 59.9 Å². The Morgan fingerprint density at radius 2 is 2.10 bits per heavy atom. The Kier molecular flexibility index (Phi) is 7.35. The monoisotopic (exact) mass is 635 g/mol. The molecule has 1 saturated heterocycles. The summed E-state index contributed by atoms with van der Waals surface area (Å²) in [5, 5.41) is 7.70. The number of fused-ring (bicyclic) bond motifs is 6. The number of alkyl halides is 1. The summed E-state index contributed by atoms with van der Waals surface area (Å²) >= 11 is 9.13. The molecule has 6 atom stereocenters. The van der Waals surface area contributed by atoms with Gasteiger partial charge in [0.2, 0.25) is 0 Å². The first-order valence-electron chi connectivity index (χ1n) is 11.6. The molecule has 6 heterocycles. The Hall–Kier alpha value is -2.25. The maximum absolute atomic E-state index is 15.8. The van der Waals surface area contributed by atoms with Crippen molar-refractivity contribution in [3.8, 4) is 0 Å². The summed E-state index contributed by atoms with van der Waals surface area (Å²) in [6, 6.07) is 0. The average molecular weight is 635 g/mol. The number of H-pyrrole nitrogens is 1. The molecule has 0 spiro atoms. The molecular weight excluding hydrogens is 615 g/mol. The fraction of sp³-hybridized carbons (Fsp3) is 0.500. The zero-order valence-corrected chi connectivity index (χ0v) is 23.8. The van der Waals surface area contributed by atoms with Crippen LogP contribution in [-0.4, -0.2) is 81.0 Å². The Labute approximate surface area is 233 Å². The average Bonchev–Trinajstić information content (AvgIpc) is 3.55. The summed E-state index contributed by atoms with van der Waals surface area (Å²) < 4.78 is 59.4. The maximum Gasteiger partial charge on any atom is 0.387 e. The van der Waals surface area contributed by atoms with Crippen molar-refractivity contribution < 1.29 is 36.7 Å². The minimum atomic E-state index is -4.30. The Morgan fingerprint density at radius 3 is 2.92 bits per heavy atom. The van der Waals surface area contributed by atoms with Crippen LogP contribution >= 0.6 is 25.8 Å². The number of aryl methyl sites for hydroxylation is 1. The highest BCUT2D eigenvalue weighted by Gasteiger charge is 2.51. The van der Waals surface area contributed by atoms with Crippen molar-refractivity contribution in [2.45, 2.75) is 44.7 Å². The molecule has 0 radical (unpaired) electrons. The van der Waals surface area contributed by atoms with Crippen LogP contribution in [0.3, 0.4) is 0 Å². The zero-order valence-electron chi connectivity index (χ0n) is 20.3. The molecule has 2 aliphatic rings. The zero-order chi connectivity index (χ0) is 28.2. The molecule has 6 rings (SSSR count). The molecule has 4 aromatic rings. The standard InChI is InChI=1S/C18H20FN9O8P2S2/c1-8-22-16-13(17(29)23-8)25-26-28(16)18-14-12(19)10(35-18)5-33-37(30,39)32-3-2-27-11(6-34-38(31,40)36-14)24-9-4-20-7-21-15(9)27/h4,7,10,12,14,18H,2-3,5-6H2,1H3,(H,30,39)(H,31,40)(H,22,23,29)/t10-,12+,14-,18-,37?,38?/m1/s1. The fourth-order valence-electron chi connectivity index (χ4n) is 4.31. The first-order chi connectivity index (χ1) is 19.0. The third-order valence-corrected chi connectivity index (χ3v) is 9.24. The van der Waals surface area contributed by atoms with E-state index in [-0.39, 0.29) is 42.6 Å². The largest absolute Gasteiger partial charge is 0.387 e. The number of imidazole rings is 1. The number of hydrogen-bond acceptors (Lipinski definition) is 14. The van der Waals surface area contributed by atoms with Gasteiger partial charge >= 0.3 is 13.5 Å². The van der Waals surface area contributed by atoms with Crippen LogP contribution in [0.25, 0.3) is 22.3 Å². The van der Waals surface area contributed by atoms with E-state index in [9.17, 15) is 14.3 Å².